The van der Waals surface area contributed by atoms with Gasteiger partial charge in [0, 0.05) is 23.1 Å². The third-order valence-corrected chi connectivity index (χ3v) is 4.71. The highest BCUT2D eigenvalue weighted by atomic mass is 79.9. The molecule has 1 aliphatic carbocycles. The van der Waals surface area contributed by atoms with E-state index in [1.165, 1.54) is 34.9 Å². The van der Waals surface area contributed by atoms with E-state index in [9.17, 15) is 0 Å². The van der Waals surface area contributed by atoms with Crippen molar-refractivity contribution in [2.45, 2.75) is 45.2 Å². The van der Waals surface area contributed by atoms with Crippen molar-refractivity contribution in [3.63, 3.8) is 0 Å². The minimum atomic E-state index is 0.576. The lowest BCUT2D eigenvalue weighted by molar-refractivity contribution is 0.260. The van der Waals surface area contributed by atoms with Crippen LogP contribution in [-0.2, 0) is 12.8 Å². The molecule has 0 bridgehead atoms. The monoisotopic (exact) mass is 338 g/mol. The molecule has 2 atom stereocenters. The molecule has 0 fully saturated rings. The van der Waals surface area contributed by atoms with Crippen molar-refractivity contribution in [1.29, 1.82) is 0 Å². The van der Waals surface area contributed by atoms with Gasteiger partial charge in [0.1, 0.15) is 0 Å². The summed E-state index contributed by atoms with van der Waals surface area (Å²) < 4.78 is 1.20. The first-order valence-corrected chi connectivity index (χ1v) is 8.43. The molecule has 1 aromatic carbocycles. The SMILES string of the molecule is CC(C)C(CN(C)C)NC1CCc2cc(Br)ccc2C1. The first-order chi connectivity index (χ1) is 9.45. The third kappa shape index (κ3) is 4.31. The Morgan fingerprint density at radius 3 is 2.70 bits per heavy atom. The van der Waals surface area contributed by atoms with Gasteiger partial charge >= 0.3 is 0 Å². The molecular formula is C17H27BrN2. The second-order valence-corrected chi connectivity index (χ2v) is 7.55. The van der Waals surface area contributed by atoms with Gasteiger partial charge in [0.05, 0.1) is 0 Å². The summed E-state index contributed by atoms with van der Waals surface area (Å²) in [5.74, 6) is 0.670. The normalized spacial score (nSPS) is 20.2. The molecule has 1 N–H and O–H groups in total. The van der Waals surface area contributed by atoms with E-state index in [2.05, 4.69) is 72.3 Å². The van der Waals surface area contributed by atoms with E-state index >= 15 is 0 Å². The number of hydrogen-bond donors (Lipinski definition) is 1. The largest absolute Gasteiger partial charge is 0.309 e. The Kier molecular flexibility index (Phi) is 5.65. The van der Waals surface area contributed by atoms with Crippen molar-refractivity contribution in [3.05, 3.63) is 33.8 Å². The molecule has 0 amide bonds. The Balaban J connectivity index is 1.99. The zero-order valence-electron chi connectivity index (χ0n) is 13.1. The molecule has 2 unspecified atom stereocenters. The van der Waals surface area contributed by atoms with Crippen LogP contribution < -0.4 is 5.32 Å². The average Bonchev–Trinajstić information content (AvgIpc) is 2.37. The first kappa shape index (κ1) is 16.0. The van der Waals surface area contributed by atoms with Crippen LogP contribution in [0.15, 0.2) is 22.7 Å². The number of fused-ring (bicyclic) bond motifs is 1. The molecule has 0 aliphatic heterocycles. The van der Waals surface area contributed by atoms with Gasteiger partial charge in [-0.15, -0.1) is 0 Å². The van der Waals surface area contributed by atoms with Crippen LogP contribution in [0.2, 0.25) is 0 Å². The molecular weight excluding hydrogens is 312 g/mol. The van der Waals surface area contributed by atoms with Crippen LogP contribution in [0.25, 0.3) is 0 Å². The Bertz CT molecular complexity index is 443. The number of hydrogen-bond acceptors (Lipinski definition) is 2. The van der Waals surface area contributed by atoms with Gasteiger partial charge in [-0.05, 0) is 62.5 Å². The fraction of sp³-hybridized carbons (Fsp3) is 0.647. The lowest BCUT2D eigenvalue weighted by atomic mass is 9.87. The average molecular weight is 339 g/mol. The van der Waals surface area contributed by atoms with Gasteiger partial charge in [-0.2, -0.15) is 0 Å². The van der Waals surface area contributed by atoms with Crippen molar-refractivity contribution in [3.8, 4) is 0 Å². The summed E-state index contributed by atoms with van der Waals surface area (Å²) in [7, 11) is 4.31. The first-order valence-electron chi connectivity index (χ1n) is 7.63. The maximum Gasteiger partial charge on any atom is 0.0220 e. The number of aryl methyl sites for hydroxylation is 1. The Labute approximate surface area is 132 Å². The van der Waals surface area contributed by atoms with Gasteiger partial charge < -0.3 is 10.2 Å². The molecule has 0 saturated carbocycles. The molecule has 3 heteroatoms. The molecule has 1 aromatic rings. The molecule has 20 heavy (non-hydrogen) atoms. The fourth-order valence-electron chi connectivity index (χ4n) is 3.02. The third-order valence-electron chi connectivity index (χ3n) is 4.21. The van der Waals surface area contributed by atoms with Gasteiger partial charge in [-0.1, -0.05) is 35.8 Å². The minimum absolute atomic E-state index is 0.576. The Morgan fingerprint density at radius 2 is 2.05 bits per heavy atom. The van der Waals surface area contributed by atoms with E-state index in [1.807, 2.05) is 0 Å². The van der Waals surface area contributed by atoms with E-state index in [0.29, 0.717) is 18.0 Å². The molecule has 112 valence electrons. The summed E-state index contributed by atoms with van der Waals surface area (Å²) in [6.07, 6.45) is 3.61. The molecule has 1 aliphatic rings. The standard InChI is InChI=1S/C17H27BrN2/c1-12(2)17(11-20(3)4)19-16-8-6-13-9-15(18)7-5-14(13)10-16/h5,7,9,12,16-17,19H,6,8,10-11H2,1-4H3. The highest BCUT2D eigenvalue weighted by Crippen LogP contribution is 2.25. The van der Waals surface area contributed by atoms with Crippen molar-refractivity contribution >= 4 is 15.9 Å². The fourth-order valence-corrected chi connectivity index (χ4v) is 3.43. The smallest absolute Gasteiger partial charge is 0.0220 e. The summed E-state index contributed by atoms with van der Waals surface area (Å²) in [5, 5.41) is 3.89. The molecule has 0 radical (unpaired) electrons. The van der Waals surface area contributed by atoms with Crippen molar-refractivity contribution in [1.82, 2.24) is 10.2 Å². The Morgan fingerprint density at radius 1 is 1.30 bits per heavy atom. The van der Waals surface area contributed by atoms with E-state index in [4.69, 9.17) is 0 Å². The predicted molar refractivity (Wildman–Crippen MR) is 90.3 cm³/mol. The Hall–Kier alpha value is -0.380. The zero-order valence-corrected chi connectivity index (χ0v) is 14.7. The second-order valence-electron chi connectivity index (χ2n) is 6.63. The quantitative estimate of drug-likeness (QED) is 0.884. The highest BCUT2D eigenvalue weighted by molar-refractivity contribution is 9.10. The van der Waals surface area contributed by atoms with E-state index in [1.54, 1.807) is 0 Å². The summed E-state index contributed by atoms with van der Waals surface area (Å²) >= 11 is 3.57. The second kappa shape index (κ2) is 7.06. The summed E-state index contributed by atoms with van der Waals surface area (Å²) in [6.45, 7) is 5.74. The van der Waals surface area contributed by atoms with Crippen molar-refractivity contribution in [2.24, 2.45) is 5.92 Å². The van der Waals surface area contributed by atoms with Crippen molar-refractivity contribution < 1.29 is 0 Å². The lowest BCUT2D eigenvalue weighted by Gasteiger charge is -2.33. The lowest BCUT2D eigenvalue weighted by Crippen LogP contribution is -2.48. The number of nitrogens with one attached hydrogen (secondary N) is 1. The zero-order chi connectivity index (χ0) is 14.7. The minimum Gasteiger partial charge on any atom is -0.309 e. The molecule has 0 heterocycles. The van der Waals surface area contributed by atoms with Crippen LogP contribution in [-0.4, -0.2) is 37.6 Å². The van der Waals surface area contributed by atoms with Crippen LogP contribution in [0.3, 0.4) is 0 Å². The van der Waals surface area contributed by atoms with Crippen LogP contribution >= 0.6 is 15.9 Å². The van der Waals surface area contributed by atoms with Gasteiger partial charge in [0.15, 0.2) is 0 Å². The predicted octanol–water partition coefficient (Wildman–Crippen LogP) is 3.48. The summed E-state index contributed by atoms with van der Waals surface area (Å²) in [6, 6.07) is 7.93. The highest BCUT2D eigenvalue weighted by Gasteiger charge is 2.23. The molecule has 0 aromatic heterocycles. The van der Waals surface area contributed by atoms with Crippen molar-refractivity contribution in [2.75, 3.05) is 20.6 Å². The van der Waals surface area contributed by atoms with Gasteiger partial charge in [0.2, 0.25) is 0 Å². The van der Waals surface area contributed by atoms with Crippen LogP contribution in [0.5, 0.6) is 0 Å². The number of nitrogens with zero attached hydrogens (tertiary/aromatic N) is 1. The van der Waals surface area contributed by atoms with Gasteiger partial charge in [-0.3, -0.25) is 0 Å². The van der Waals surface area contributed by atoms with Gasteiger partial charge in [-0.25, -0.2) is 0 Å². The summed E-state index contributed by atoms with van der Waals surface area (Å²) in [5.41, 5.74) is 3.04. The number of rotatable bonds is 5. The maximum atomic E-state index is 3.89. The van der Waals surface area contributed by atoms with Gasteiger partial charge in [0.25, 0.3) is 0 Å². The van der Waals surface area contributed by atoms with E-state index in [0.717, 1.165) is 6.54 Å². The molecule has 0 spiro atoms. The van der Waals surface area contributed by atoms with Crippen LogP contribution in [0.1, 0.15) is 31.4 Å². The number of halogens is 1. The number of likely N-dealkylation sites (N-methyl/N-ethyl adjacent to an activating group) is 1. The maximum absolute atomic E-state index is 3.89. The van der Waals surface area contributed by atoms with E-state index in [-0.39, 0.29) is 0 Å². The molecule has 2 nitrogen and oxygen atoms in total. The summed E-state index contributed by atoms with van der Waals surface area (Å²) in [4.78, 5) is 2.28. The topological polar surface area (TPSA) is 15.3 Å². The molecule has 2 rings (SSSR count). The van der Waals surface area contributed by atoms with E-state index < -0.39 is 0 Å². The molecule has 0 saturated heterocycles. The number of benzene rings is 1. The van der Waals surface area contributed by atoms with Crippen LogP contribution in [0, 0.1) is 5.92 Å². The van der Waals surface area contributed by atoms with Crippen LogP contribution in [0.4, 0.5) is 0 Å².